The largest absolute Gasteiger partial charge is 0.395 e. The number of hydrogen-bond acceptors (Lipinski definition) is 3. The Morgan fingerprint density at radius 1 is 1.67 bits per heavy atom. The van der Waals surface area contributed by atoms with Crippen molar-refractivity contribution in [3.8, 4) is 0 Å². The monoisotopic (exact) mass is 272 g/mol. The third kappa shape index (κ3) is 3.00. The Morgan fingerprint density at radius 3 is 2.93 bits per heavy atom. The zero-order valence-corrected chi connectivity index (χ0v) is 10.1. The van der Waals surface area contributed by atoms with Crippen molar-refractivity contribution in [2.24, 2.45) is 0 Å². The van der Waals surface area contributed by atoms with Crippen molar-refractivity contribution in [2.75, 3.05) is 19.7 Å². The van der Waals surface area contributed by atoms with Crippen molar-refractivity contribution < 1.29 is 9.90 Å². The molecule has 1 aromatic heterocycles. The standard InChI is InChI=1S/C10H13BrN2O2/c1-2-13(6-7-14)10(15)9-8(11)4-3-5-12-9/h3-5,14H,2,6-7H2,1H3. The summed E-state index contributed by atoms with van der Waals surface area (Å²) in [6, 6.07) is 3.52. The molecule has 0 aromatic carbocycles. The van der Waals surface area contributed by atoms with Gasteiger partial charge in [-0.15, -0.1) is 0 Å². The van der Waals surface area contributed by atoms with Gasteiger partial charge in [-0.25, -0.2) is 4.98 Å². The van der Waals surface area contributed by atoms with Crippen molar-refractivity contribution >= 4 is 21.8 Å². The van der Waals surface area contributed by atoms with Crippen molar-refractivity contribution in [3.05, 3.63) is 28.5 Å². The van der Waals surface area contributed by atoms with E-state index in [4.69, 9.17) is 5.11 Å². The van der Waals surface area contributed by atoms with Crippen LogP contribution in [0.4, 0.5) is 0 Å². The molecule has 0 atom stereocenters. The van der Waals surface area contributed by atoms with Gasteiger partial charge in [0.2, 0.25) is 0 Å². The number of carbonyl (C=O) groups is 1. The number of likely N-dealkylation sites (N-methyl/N-ethyl adjacent to an activating group) is 1. The number of halogens is 1. The highest BCUT2D eigenvalue weighted by molar-refractivity contribution is 9.10. The summed E-state index contributed by atoms with van der Waals surface area (Å²) < 4.78 is 0.673. The molecule has 1 heterocycles. The molecule has 15 heavy (non-hydrogen) atoms. The number of aliphatic hydroxyl groups excluding tert-OH is 1. The fourth-order valence-corrected chi connectivity index (χ4v) is 1.64. The maximum Gasteiger partial charge on any atom is 0.273 e. The Morgan fingerprint density at radius 2 is 2.40 bits per heavy atom. The van der Waals surface area contributed by atoms with Crippen LogP contribution in [0.3, 0.4) is 0 Å². The molecule has 0 saturated carbocycles. The van der Waals surface area contributed by atoms with Crippen molar-refractivity contribution in [1.29, 1.82) is 0 Å². The Bertz CT molecular complexity index is 344. The summed E-state index contributed by atoms with van der Waals surface area (Å²) >= 11 is 3.27. The van der Waals surface area contributed by atoms with E-state index < -0.39 is 0 Å². The Hall–Kier alpha value is -0.940. The van der Waals surface area contributed by atoms with Gasteiger partial charge in [-0.05, 0) is 35.0 Å². The third-order valence-electron chi connectivity index (χ3n) is 2.00. The van der Waals surface area contributed by atoms with Gasteiger partial charge < -0.3 is 10.0 Å². The van der Waals surface area contributed by atoms with Gasteiger partial charge in [0, 0.05) is 23.8 Å². The fraction of sp³-hybridized carbons (Fsp3) is 0.400. The lowest BCUT2D eigenvalue weighted by atomic mass is 10.3. The first-order valence-electron chi connectivity index (χ1n) is 4.71. The molecule has 0 fully saturated rings. The first-order chi connectivity index (χ1) is 7.20. The predicted octanol–water partition coefficient (Wildman–Crippen LogP) is 1.30. The third-order valence-corrected chi connectivity index (χ3v) is 2.64. The van der Waals surface area contributed by atoms with E-state index in [0.29, 0.717) is 23.3 Å². The summed E-state index contributed by atoms with van der Waals surface area (Å²) in [5.74, 6) is -0.168. The Kier molecular flexibility index (Phi) is 4.71. The van der Waals surface area contributed by atoms with Crippen molar-refractivity contribution in [1.82, 2.24) is 9.88 Å². The summed E-state index contributed by atoms with van der Waals surface area (Å²) in [5, 5.41) is 8.81. The van der Waals surface area contributed by atoms with Gasteiger partial charge >= 0.3 is 0 Å². The van der Waals surface area contributed by atoms with Crippen molar-refractivity contribution in [2.45, 2.75) is 6.92 Å². The molecular weight excluding hydrogens is 260 g/mol. The molecule has 1 amide bonds. The van der Waals surface area contributed by atoms with E-state index in [0.717, 1.165) is 0 Å². The van der Waals surface area contributed by atoms with E-state index in [9.17, 15) is 4.79 Å². The lowest BCUT2D eigenvalue weighted by molar-refractivity contribution is 0.0725. The normalized spacial score (nSPS) is 10.1. The minimum absolute atomic E-state index is 0.0377. The average Bonchev–Trinajstić information content (AvgIpc) is 2.25. The quantitative estimate of drug-likeness (QED) is 0.899. The first kappa shape index (κ1) is 12.1. The summed E-state index contributed by atoms with van der Waals surface area (Å²) in [5.41, 5.74) is 0.382. The van der Waals surface area contributed by atoms with Crippen LogP contribution in [0.25, 0.3) is 0 Å². The SMILES string of the molecule is CCN(CCO)C(=O)c1ncccc1Br. The Labute approximate surface area is 97.1 Å². The van der Waals surface area contributed by atoms with Crippen LogP contribution in [0, 0.1) is 0 Å². The lowest BCUT2D eigenvalue weighted by Crippen LogP contribution is -2.34. The van der Waals surface area contributed by atoms with Gasteiger partial charge in [0.1, 0.15) is 5.69 Å². The molecule has 0 aliphatic heterocycles. The summed E-state index contributed by atoms with van der Waals surface area (Å²) in [6.45, 7) is 2.72. The van der Waals surface area contributed by atoms with Crippen molar-refractivity contribution in [3.63, 3.8) is 0 Å². The van der Waals surface area contributed by atoms with Gasteiger partial charge in [-0.2, -0.15) is 0 Å². The first-order valence-corrected chi connectivity index (χ1v) is 5.50. The zero-order chi connectivity index (χ0) is 11.3. The van der Waals surface area contributed by atoms with E-state index >= 15 is 0 Å². The number of amides is 1. The smallest absolute Gasteiger partial charge is 0.273 e. The molecule has 0 unspecified atom stereocenters. The highest BCUT2D eigenvalue weighted by Gasteiger charge is 2.17. The van der Waals surface area contributed by atoms with Crippen LogP contribution >= 0.6 is 15.9 Å². The average molecular weight is 273 g/mol. The van der Waals surface area contributed by atoms with Gasteiger partial charge in [0.15, 0.2) is 0 Å². The molecule has 0 radical (unpaired) electrons. The van der Waals surface area contributed by atoms with Crippen LogP contribution in [0.1, 0.15) is 17.4 Å². The van der Waals surface area contributed by atoms with Crippen LogP contribution in [0.15, 0.2) is 22.8 Å². The predicted molar refractivity (Wildman–Crippen MR) is 60.6 cm³/mol. The lowest BCUT2D eigenvalue weighted by Gasteiger charge is -2.19. The summed E-state index contributed by atoms with van der Waals surface area (Å²) in [4.78, 5) is 17.5. The van der Waals surface area contributed by atoms with E-state index in [1.807, 2.05) is 6.92 Å². The number of aromatic nitrogens is 1. The number of aliphatic hydroxyl groups is 1. The molecule has 1 rings (SSSR count). The minimum atomic E-state index is -0.168. The number of nitrogens with zero attached hydrogens (tertiary/aromatic N) is 2. The zero-order valence-electron chi connectivity index (χ0n) is 8.48. The van der Waals surface area contributed by atoms with E-state index in [-0.39, 0.29) is 12.5 Å². The second-order valence-electron chi connectivity index (χ2n) is 2.94. The molecule has 5 heteroatoms. The highest BCUT2D eigenvalue weighted by atomic mass is 79.9. The Balaban J connectivity index is 2.88. The van der Waals surface area contributed by atoms with E-state index in [1.165, 1.54) is 0 Å². The van der Waals surface area contributed by atoms with Gasteiger partial charge in [-0.3, -0.25) is 4.79 Å². The molecule has 0 saturated heterocycles. The number of pyridine rings is 1. The number of rotatable bonds is 4. The number of hydrogen-bond donors (Lipinski definition) is 1. The maximum absolute atomic E-state index is 11.9. The van der Waals surface area contributed by atoms with Crippen LogP contribution in [-0.4, -0.2) is 40.6 Å². The molecule has 0 spiro atoms. The second kappa shape index (κ2) is 5.82. The molecule has 0 aliphatic rings. The van der Waals surface area contributed by atoms with Crippen LogP contribution in [0.2, 0.25) is 0 Å². The van der Waals surface area contributed by atoms with Gasteiger partial charge in [0.25, 0.3) is 5.91 Å². The molecule has 1 N–H and O–H groups in total. The second-order valence-corrected chi connectivity index (χ2v) is 3.80. The molecule has 0 aliphatic carbocycles. The van der Waals surface area contributed by atoms with Gasteiger partial charge in [0.05, 0.1) is 6.61 Å². The highest BCUT2D eigenvalue weighted by Crippen LogP contribution is 2.15. The molecular formula is C10H13BrN2O2. The fourth-order valence-electron chi connectivity index (χ4n) is 1.22. The molecule has 0 bridgehead atoms. The van der Waals surface area contributed by atoms with Crippen LogP contribution in [-0.2, 0) is 0 Å². The number of carbonyl (C=O) groups excluding carboxylic acids is 1. The van der Waals surface area contributed by atoms with E-state index in [2.05, 4.69) is 20.9 Å². The van der Waals surface area contributed by atoms with E-state index in [1.54, 1.807) is 23.2 Å². The van der Waals surface area contributed by atoms with Crippen LogP contribution in [0.5, 0.6) is 0 Å². The summed E-state index contributed by atoms with van der Waals surface area (Å²) in [7, 11) is 0. The minimum Gasteiger partial charge on any atom is -0.395 e. The topological polar surface area (TPSA) is 53.4 Å². The van der Waals surface area contributed by atoms with Gasteiger partial charge in [-0.1, -0.05) is 0 Å². The van der Waals surface area contributed by atoms with Crippen LogP contribution < -0.4 is 0 Å². The molecule has 1 aromatic rings. The summed E-state index contributed by atoms with van der Waals surface area (Å²) in [6.07, 6.45) is 1.57. The maximum atomic E-state index is 11.9. The molecule has 4 nitrogen and oxygen atoms in total. The molecule has 82 valence electrons.